The van der Waals surface area contributed by atoms with Gasteiger partial charge in [-0.3, -0.25) is 0 Å². The first-order valence-corrected chi connectivity index (χ1v) is 6.02. The molecular weight excluding hydrogens is 226 g/mol. The molecule has 0 bridgehead atoms. The number of nitrogens with one attached hydrogen (secondary N) is 1. The first kappa shape index (κ1) is 12.4. The number of H-pyrrole nitrogens is 1. The summed E-state index contributed by atoms with van der Waals surface area (Å²) in [5.74, 6) is -0.447. The molecule has 0 saturated heterocycles. The minimum absolute atomic E-state index is 0.488. The molecule has 0 aliphatic heterocycles. The van der Waals surface area contributed by atoms with Crippen molar-refractivity contribution in [2.75, 3.05) is 0 Å². The topological polar surface area (TPSA) is 53.1 Å². The lowest BCUT2D eigenvalue weighted by atomic mass is 10.0. The van der Waals surface area contributed by atoms with Crippen LogP contribution in [0.2, 0.25) is 0 Å². The number of aromatic nitrogens is 1. The fraction of sp³-hybridized carbons (Fsp3) is 0.267. The lowest BCUT2D eigenvalue weighted by Crippen LogP contribution is -1.86. The van der Waals surface area contributed by atoms with E-state index in [0.29, 0.717) is 5.92 Å². The Balaban J connectivity index is 2.53. The number of hydrogen-bond acceptors (Lipinski definition) is 1. The number of hydrogen-bond donors (Lipinski definition) is 2. The minimum Gasteiger partial charge on any atom is -0.478 e. The van der Waals surface area contributed by atoms with Crippen LogP contribution in [0, 0.1) is 6.92 Å². The molecule has 2 rings (SSSR count). The number of benzene rings is 1. The Labute approximate surface area is 106 Å². The van der Waals surface area contributed by atoms with E-state index in [-0.39, 0.29) is 0 Å². The quantitative estimate of drug-likeness (QED) is 0.807. The molecule has 1 aromatic heterocycles. The van der Waals surface area contributed by atoms with Gasteiger partial charge in [0.15, 0.2) is 0 Å². The molecule has 0 aliphatic carbocycles. The predicted octanol–water partition coefficient (Wildman–Crippen LogP) is 3.70. The maximum absolute atomic E-state index is 10.5. The lowest BCUT2D eigenvalue weighted by Gasteiger charge is -2.04. The van der Waals surface area contributed by atoms with Crippen LogP contribution in [0.3, 0.4) is 0 Å². The van der Waals surface area contributed by atoms with Crippen molar-refractivity contribution >= 4 is 22.9 Å². The molecule has 18 heavy (non-hydrogen) atoms. The van der Waals surface area contributed by atoms with Crippen molar-refractivity contribution in [3.8, 4) is 0 Å². The highest BCUT2D eigenvalue weighted by Gasteiger charge is 2.07. The van der Waals surface area contributed by atoms with Crippen molar-refractivity contribution in [3.63, 3.8) is 0 Å². The molecule has 3 heteroatoms. The highest BCUT2D eigenvalue weighted by atomic mass is 16.4. The van der Waals surface area contributed by atoms with Crippen LogP contribution in [-0.2, 0) is 4.79 Å². The van der Waals surface area contributed by atoms with Gasteiger partial charge in [0.05, 0.1) is 0 Å². The van der Waals surface area contributed by atoms with Crippen molar-refractivity contribution in [1.29, 1.82) is 0 Å². The van der Waals surface area contributed by atoms with Crippen molar-refractivity contribution in [2.24, 2.45) is 0 Å². The summed E-state index contributed by atoms with van der Waals surface area (Å²) in [7, 11) is 0. The molecule has 94 valence electrons. The van der Waals surface area contributed by atoms with Crippen LogP contribution in [0.1, 0.15) is 36.6 Å². The summed E-state index contributed by atoms with van der Waals surface area (Å²) in [5, 5.41) is 9.82. The molecule has 0 spiro atoms. The SMILES string of the molecule is Cc1c(/C=C/C(=O)O)[nH]c2ccc(C(C)C)cc12. The zero-order chi connectivity index (χ0) is 13.3. The molecule has 0 saturated carbocycles. The third-order valence-corrected chi connectivity index (χ3v) is 3.18. The number of aromatic amines is 1. The monoisotopic (exact) mass is 243 g/mol. The first-order valence-electron chi connectivity index (χ1n) is 6.02. The normalized spacial score (nSPS) is 11.8. The van der Waals surface area contributed by atoms with Crippen LogP contribution in [0.15, 0.2) is 24.3 Å². The van der Waals surface area contributed by atoms with Gasteiger partial charge in [-0.25, -0.2) is 4.79 Å². The summed E-state index contributed by atoms with van der Waals surface area (Å²) in [5.41, 5.74) is 4.28. The Kier molecular flexibility index (Phi) is 3.24. The molecule has 0 amide bonds. The zero-order valence-electron chi connectivity index (χ0n) is 10.8. The van der Waals surface area contributed by atoms with E-state index in [0.717, 1.165) is 28.2 Å². The number of rotatable bonds is 3. The maximum atomic E-state index is 10.5. The van der Waals surface area contributed by atoms with Gasteiger partial charge >= 0.3 is 5.97 Å². The van der Waals surface area contributed by atoms with Crippen molar-refractivity contribution in [2.45, 2.75) is 26.7 Å². The van der Waals surface area contributed by atoms with Crippen LogP contribution in [-0.4, -0.2) is 16.1 Å². The molecule has 2 N–H and O–H groups in total. The molecule has 0 radical (unpaired) electrons. The number of carbonyl (C=O) groups is 1. The second-order valence-electron chi connectivity index (χ2n) is 4.79. The Bertz CT molecular complexity index is 621. The van der Waals surface area contributed by atoms with E-state index in [2.05, 4.69) is 37.0 Å². The smallest absolute Gasteiger partial charge is 0.328 e. The van der Waals surface area contributed by atoms with E-state index in [1.165, 1.54) is 5.56 Å². The highest BCUT2D eigenvalue weighted by Crippen LogP contribution is 2.26. The maximum Gasteiger partial charge on any atom is 0.328 e. The van der Waals surface area contributed by atoms with E-state index in [1.54, 1.807) is 6.08 Å². The Hall–Kier alpha value is -2.03. The van der Waals surface area contributed by atoms with Gasteiger partial charge in [0.1, 0.15) is 0 Å². The third kappa shape index (κ3) is 2.30. The number of aliphatic carboxylic acids is 1. The van der Waals surface area contributed by atoms with Gasteiger partial charge in [0.2, 0.25) is 0 Å². The highest BCUT2D eigenvalue weighted by molar-refractivity contribution is 5.90. The average molecular weight is 243 g/mol. The van der Waals surface area contributed by atoms with Crippen LogP contribution >= 0.6 is 0 Å². The fourth-order valence-corrected chi connectivity index (χ4v) is 2.05. The largest absolute Gasteiger partial charge is 0.478 e. The second-order valence-corrected chi connectivity index (χ2v) is 4.79. The summed E-state index contributed by atoms with van der Waals surface area (Å²) in [6.45, 7) is 6.33. The lowest BCUT2D eigenvalue weighted by molar-refractivity contribution is -0.131. The molecule has 0 aliphatic rings. The van der Waals surface area contributed by atoms with E-state index >= 15 is 0 Å². The summed E-state index contributed by atoms with van der Waals surface area (Å²) in [6, 6.07) is 6.33. The van der Waals surface area contributed by atoms with Gasteiger partial charge in [-0.05, 0) is 42.2 Å². The number of aryl methyl sites for hydroxylation is 1. The van der Waals surface area contributed by atoms with Crippen molar-refractivity contribution < 1.29 is 9.90 Å². The van der Waals surface area contributed by atoms with Crippen LogP contribution < -0.4 is 0 Å². The summed E-state index contributed by atoms with van der Waals surface area (Å²) in [6.07, 6.45) is 2.76. The Morgan fingerprint density at radius 1 is 1.39 bits per heavy atom. The van der Waals surface area contributed by atoms with E-state index < -0.39 is 5.97 Å². The van der Waals surface area contributed by atoms with Crippen LogP contribution in [0.5, 0.6) is 0 Å². The zero-order valence-corrected chi connectivity index (χ0v) is 10.8. The number of carboxylic acids is 1. The molecule has 0 fully saturated rings. The Morgan fingerprint density at radius 3 is 2.72 bits per heavy atom. The Morgan fingerprint density at radius 2 is 2.11 bits per heavy atom. The number of fused-ring (bicyclic) bond motifs is 1. The number of carboxylic acid groups (broad SMARTS) is 1. The van der Waals surface area contributed by atoms with Gasteiger partial charge in [-0.2, -0.15) is 0 Å². The molecular formula is C15H17NO2. The van der Waals surface area contributed by atoms with Crippen LogP contribution in [0.4, 0.5) is 0 Å². The summed E-state index contributed by atoms with van der Waals surface area (Å²) >= 11 is 0. The van der Waals surface area contributed by atoms with Crippen LogP contribution in [0.25, 0.3) is 17.0 Å². The fourth-order valence-electron chi connectivity index (χ4n) is 2.05. The minimum atomic E-state index is -0.934. The molecule has 1 heterocycles. The molecule has 3 nitrogen and oxygen atoms in total. The molecule has 0 unspecified atom stereocenters. The van der Waals surface area contributed by atoms with Gasteiger partial charge in [0.25, 0.3) is 0 Å². The molecule has 0 atom stereocenters. The van der Waals surface area contributed by atoms with E-state index in [9.17, 15) is 4.79 Å². The van der Waals surface area contributed by atoms with E-state index in [4.69, 9.17) is 5.11 Å². The van der Waals surface area contributed by atoms with E-state index in [1.807, 2.05) is 6.92 Å². The standard InChI is InChI=1S/C15H17NO2/c1-9(2)11-4-5-14-12(8-11)10(3)13(16-14)6-7-15(17)18/h4-9,16H,1-3H3,(H,17,18)/b7-6+. The first-order chi connectivity index (χ1) is 8.49. The molecule has 1 aromatic carbocycles. The van der Waals surface area contributed by atoms with Gasteiger partial charge in [0, 0.05) is 22.7 Å². The summed E-state index contributed by atoms with van der Waals surface area (Å²) in [4.78, 5) is 13.8. The van der Waals surface area contributed by atoms with Crippen molar-refractivity contribution in [1.82, 2.24) is 4.98 Å². The average Bonchev–Trinajstić information content (AvgIpc) is 2.63. The predicted molar refractivity (Wildman–Crippen MR) is 73.8 cm³/mol. The van der Waals surface area contributed by atoms with Gasteiger partial charge < -0.3 is 10.1 Å². The van der Waals surface area contributed by atoms with Gasteiger partial charge in [-0.15, -0.1) is 0 Å². The second kappa shape index (κ2) is 4.69. The van der Waals surface area contributed by atoms with Gasteiger partial charge in [-0.1, -0.05) is 19.9 Å². The third-order valence-electron chi connectivity index (χ3n) is 3.18. The van der Waals surface area contributed by atoms with Crippen molar-refractivity contribution in [3.05, 3.63) is 41.1 Å². The summed E-state index contributed by atoms with van der Waals surface area (Å²) < 4.78 is 0. The molecule has 2 aromatic rings.